The second-order valence-corrected chi connectivity index (χ2v) is 7.16. The highest BCUT2D eigenvalue weighted by atomic mass is 35.5. The van der Waals surface area contributed by atoms with Gasteiger partial charge in [0, 0.05) is 23.7 Å². The Morgan fingerprint density at radius 3 is 2.50 bits per heavy atom. The van der Waals surface area contributed by atoms with Crippen LogP contribution in [0, 0.1) is 17.0 Å². The van der Waals surface area contributed by atoms with Crippen LogP contribution in [0.25, 0.3) is 0 Å². The van der Waals surface area contributed by atoms with Gasteiger partial charge in [0.05, 0.1) is 16.2 Å². The lowest BCUT2D eigenvalue weighted by atomic mass is 10.1. The number of nitro groups is 1. The molecule has 0 saturated carbocycles. The first kappa shape index (κ1) is 19.8. The summed E-state index contributed by atoms with van der Waals surface area (Å²) in [5.41, 5.74) is 0.611. The highest BCUT2D eigenvalue weighted by Crippen LogP contribution is 2.27. The summed E-state index contributed by atoms with van der Waals surface area (Å²) in [7, 11) is 0. The van der Waals surface area contributed by atoms with Crippen LogP contribution >= 0.6 is 11.6 Å². The van der Waals surface area contributed by atoms with Crippen LogP contribution in [-0.2, 0) is 0 Å². The Morgan fingerprint density at radius 1 is 1.11 bits per heavy atom. The molecule has 0 spiro atoms. The van der Waals surface area contributed by atoms with E-state index in [1.807, 2.05) is 0 Å². The molecule has 3 rings (SSSR count). The Kier molecular flexibility index (Phi) is 5.94. The van der Waals surface area contributed by atoms with Gasteiger partial charge in [-0.1, -0.05) is 23.7 Å². The number of benzene rings is 2. The number of nitrogens with zero attached hydrogens (tertiary/aromatic N) is 2. The van der Waals surface area contributed by atoms with Crippen molar-refractivity contribution < 1.29 is 14.5 Å². The molecule has 2 aromatic carbocycles. The van der Waals surface area contributed by atoms with Gasteiger partial charge < -0.3 is 10.2 Å². The first-order valence-corrected chi connectivity index (χ1v) is 9.40. The lowest BCUT2D eigenvalue weighted by Crippen LogP contribution is -2.36. The fourth-order valence-corrected chi connectivity index (χ4v) is 3.52. The maximum absolute atomic E-state index is 12.9. The van der Waals surface area contributed by atoms with Crippen LogP contribution in [0.5, 0.6) is 0 Å². The maximum atomic E-state index is 12.9. The first-order chi connectivity index (χ1) is 13.4. The van der Waals surface area contributed by atoms with E-state index in [2.05, 4.69) is 5.32 Å². The third-order valence-corrected chi connectivity index (χ3v) is 5.00. The average Bonchev–Trinajstić information content (AvgIpc) is 2.67. The number of carbonyl (C=O) groups is 2. The van der Waals surface area contributed by atoms with E-state index in [-0.39, 0.29) is 22.8 Å². The van der Waals surface area contributed by atoms with Crippen molar-refractivity contribution in [1.82, 2.24) is 4.90 Å². The summed E-state index contributed by atoms with van der Waals surface area (Å²) in [6, 6.07) is 9.17. The minimum atomic E-state index is -0.662. The molecule has 1 aliphatic heterocycles. The molecule has 0 unspecified atom stereocenters. The lowest BCUT2D eigenvalue weighted by Gasteiger charge is -2.27. The number of amides is 2. The van der Waals surface area contributed by atoms with Crippen LogP contribution in [0.3, 0.4) is 0 Å². The van der Waals surface area contributed by atoms with Crippen molar-refractivity contribution in [1.29, 1.82) is 0 Å². The van der Waals surface area contributed by atoms with Gasteiger partial charge in [-0.05, 0) is 50.5 Å². The van der Waals surface area contributed by atoms with E-state index in [4.69, 9.17) is 11.6 Å². The zero-order chi connectivity index (χ0) is 20.3. The number of aryl methyl sites for hydroxylation is 1. The zero-order valence-electron chi connectivity index (χ0n) is 15.4. The van der Waals surface area contributed by atoms with E-state index in [1.54, 1.807) is 36.1 Å². The van der Waals surface area contributed by atoms with Gasteiger partial charge in [-0.3, -0.25) is 19.7 Å². The molecule has 7 nitrogen and oxygen atoms in total. The highest BCUT2D eigenvalue weighted by Gasteiger charge is 2.25. The normalized spacial score (nSPS) is 13.9. The van der Waals surface area contributed by atoms with Crippen LogP contribution in [0.2, 0.25) is 5.02 Å². The van der Waals surface area contributed by atoms with E-state index in [0.717, 1.165) is 19.3 Å². The second-order valence-electron chi connectivity index (χ2n) is 6.73. The topological polar surface area (TPSA) is 92.6 Å². The van der Waals surface area contributed by atoms with Crippen LogP contribution in [-0.4, -0.2) is 34.7 Å². The number of nitrogens with one attached hydrogen (secondary N) is 1. The number of para-hydroxylation sites is 1. The molecule has 28 heavy (non-hydrogen) atoms. The smallest absolute Gasteiger partial charge is 0.285 e. The Labute approximate surface area is 167 Å². The van der Waals surface area contributed by atoms with Gasteiger partial charge in [0.1, 0.15) is 5.56 Å². The van der Waals surface area contributed by atoms with E-state index in [9.17, 15) is 19.7 Å². The molecule has 1 saturated heterocycles. The van der Waals surface area contributed by atoms with Crippen molar-refractivity contribution in [2.75, 3.05) is 18.4 Å². The molecule has 1 fully saturated rings. The molecular weight excluding hydrogens is 382 g/mol. The van der Waals surface area contributed by atoms with Gasteiger partial charge >= 0.3 is 0 Å². The van der Waals surface area contributed by atoms with E-state index in [1.165, 1.54) is 12.1 Å². The summed E-state index contributed by atoms with van der Waals surface area (Å²) < 4.78 is 0. The monoisotopic (exact) mass is 401 g/mol. The molecule has 0 atom stereocenters. The number of carbonyl (C=O) groups excluding carboxylic acids is 2. The molecule has 8 heteroatoms. The lowest BCUT2D eigenvalue weighted by molar-refractivity contribution is -0.385. The van der Waals surface area contributed by atoms with Gasteiger partial charge in [0.15, 0.2) is 0 Å². The molecule has 0 radical (unpaired) electrons. The quantitative estimate of drug-likeness (QED) is 0.605. The Morgan fingerprint density at radius 2 is 1.82 bits per heavy atom. The summed E-state index contributed by atoms with van der Waals surface area (Å²) in [5, 5.41) is 14.4. The minimum absolute atomic E-state index is 0.0682. The van der Waals surface area contributed by atoms with E-state index in [0.29, 0.717) is 29.2 Å². The summed E-state index contributed by atoms with van der Waals surface area (Å²) >= 11 is 6.06. The number of hydrogen-bond donors (Lipinski definition) is 1. The second kappa shape index (κ2) is 8.39. The van der Waals surface area contributed by atoms with Gasteiger partial charge in [-0.25, -0.2) is 0 Å². The molecule has 2 amide bonds. The first-order valence-electron chi connectivity index (χ1n) is 9.02. The minimum Gasteiger partial charge on any atom is -0.339 e. The average molecular weight is 402 g/mol. The summed E-state index contributed by atoms with van der Waals surface area (Å²) in [6.45, 7) is 2.90. The summed E-state index contributed by atoms with van der Waals surface area (Å²) in [4.78, 5) is 38.2. The van der Waals surface area contributed by atoms with Crippen LogP contribution in [0.1, 0.15) is 45.5 Å². The Hall–Kier alpha value is -2.93. The predicted molar refractivity (Wildman–Crippen MR) is 107 cm³/mol. The third-order valence-electron chi connectivity index (χ3n) is 4.77. The summed E-state index contributed by atoms with van der Waals surface area (Å²) in [5.74, 6) is -0.851. The van der Waals surface area contributed by atoms with Crippen LogP contribution in [0.15, 0.2) is 36.4 Å². The Balaban J connectivity index is 1.93. The molecule has 0 bridgehead atoms. The number of rotatable bonds is 4. The van der Waals surface area contributed by atoms with Gasteiger partial charge in [0.2, 0.25) is 0 Å². The third kappa shape index (κ3) is 4.14. The number of piperidine rings is 1. The predicted octanol–water partition coefficient (Wildman–Crippen LogP) is 4.44. The molecule has 146 valence electrons. The molecular formula is C20H20ClN3O4. The van der Waals surface area contributed by atoms with Gasteiger partial charge in [-0.15, -0.1) is 0 Å². The summed E-state index contributed by atoms with van der Waals surface area (Å²) in [6.07, 6.45) is 2.97. The molecule has 1 N–H and O–H groups in total. The number of anilines is 1. The molecule has 1 heterocycles. The fraction of sp³-hybridized carbons (Fsp3) is 0.300. The van der Waals surface area contributed by atoms with E-state index < -0.39 is 10.8 Å². The van der Waals surface area contributed by atoms with Crippen molar-refractivity contribution in [3.05, 3.63) is 68.2 Å². The van der Waals surface area contributed by atoms with Crippen molar-refractivity contribution in [2.45, 2.75) is 26.2 Å². The molecule has 0 aliphatic carbocycles. The number of likely N-dealkylation sites (tertiary alicyclic amines) is 1. The molecule has 0 aromatic heterocycles. The Bertz CT molecular complexity index is 939. The molecule has 2 aromatic rings. The number of hydrogen-bond acceptors (Lipinski definition) is 4. The standard InChI is InChI=1S/C20H20ClN3O4/c1-13-6-5-7-16(18(13)24(27)28)19(25)22-17-12-14(21)8-9-15(17)20(26)23-10-3-2-4-11-23/h5-9,12H,2-4,10-11H2,1H3,(H,22,25). The SMILES string of the molecule is Cc1cccc(C(=O)Nc2cc(Cl)ccc2C(=O)N2CCCCC2)c1[N+](=O)[O-]. The molecule has 1 aliphatic rings. The number of halogens is 1. The van der Waals surface area contributed by atoms with E-state index >= 15 is 0 Å². The van der Waals surface area contributed by atoms with Gasteiger partial charge in [0.25, 0.3) is 17.5 Å². The number of nitro benzene ring substituents is 1. The highest BCUT2D eigenvalue weighted by molar-refractivity contribution is 6.31. The van der Waals surface area contributed by atoms with Crippen molar-refractivity contribution >= 4 is 34.8 Å². The van der Waals surface area contributed by atoms with Crippen LogP contribution in [0.4, 0.5) is 11.4 Å². The van der Waals surface area contributed by atoms with Gasteiger partial charge in [-0.2, -0.15) is 0 Å². The fourth-order valence-electron chi connectivity index (χ4n) is 3.35. The van der Waals surface area contributed by atoms with Crippen LogP contribution < -0.4 is 5.32 Å². The van der Waals surface area contributed by atoms with Crippen molar-refractivity contribution in [3.8, 4) is 0 Å². The maximum Gasteiger partial charge on any atom is 0.285 e. The largest absolute Gasteiger partial charge is 0.339 e. The van der Waals surface area contributed by atoms with Crippen molar-refractivity contribution in [3.63, 3.8) is 0 Å². The zero-order valence-corrected chi connectivity index (χ0v) is 16.2. The van der Waals surface area contributed by atoms with Crippen molar-refractivity contribution in [2.24, 2.45) is 0 Å².